The number of carboxylic acid groups (broad SMARTS) is 1. The van der Waals surface area contributed by atoms with Crippen LogP contribution in [-0.4, -0.2) is 33.7 Å². The van der Waals surface area contributed by atoms with Crippen molar-refractivity contribution in [2.24, 2.45) is 7.05 Å². The Morgan fingerprint density at radius 3 is 2.22 bits per heavy atom. The largest absolute Gasteiger partial charge is 0.478 e. The van der Waals surface area contributed by atoms with Crippen molar-refractivity contribution in [2.75, 3.05) is 7.11 Å². The molecule has 12 heteroatoms. The van der Waals surface area contributed by atoms with Gasteiger partial charge in [-0.25, -0.2) is 28.8 Å². The van der Waals surface area contributed by atoms with Crippen molar-refractivity contribution in [3.63, 3.8) is 0 Å². The van der Waals surface area contributed by atoms with Gasteiger partial charge in [0, 0.05) is 7.05 Å². The predicted molar refractivity (Wildman–Crippen MR) is 109 cm³/mol. The third-order valence-electron chi connectivity index (χ3n) is 4.36. The molecule has 0 saturated heterocycles. The van der Waals surface area contributed by atoms with E-state index >= 15 is 0 Å². The van der Waals surface area contributed by atoms with Crippen LogP contribution in [0.2, 0.25) is 0 Å². The van der Waals surface area contributed by atoms with Crippen molar-refractivity contribution in [1.29, 1.82) is 0 Å². The van der Waals surface area contributed by atoms with Gasteiger partial charge in [0.25, 0.3) is 0 Å². The summed E-state index contributed by atoms with van der Waals surface area (Å²) in [6, 6.07) is 8.04. The third kappa shape index (κ3) is 4.23. The van der Waals surface area contributed by atoms with Crippen LogP contribution in [-0.2, 0) is 11.8 Å². The molecule has 0 unspecified atom stereocenters. The maximum atomic E-state index is 11.4. The van der Waals surface area contributed by atoms with Crippen LogP contribution in [0.3, 0.4) is 0 Å². The molecule has 0 aliphatic rings. The van der Waals surface area contributed by atoms with E-state index in [2.05, 4.69) is 18.6 Å². The molecule has 0 aliphatic heterocycles. The minimum atomic E-state index is -1.13. The first kappa shape index (κ1) is 22.0. The monoisotopic (exact) mass is 442 g/mol. The molecule has 2 aromatic carbocycles. The van der Waals surface area contributed by atoms with Gasteiger partial charge in [0.2, 0.25) is 0 Å². The summed E-state index contributed by atoms with van der Waals surface area (Å²) in [5, 5.41) is 9.06. The van der Waals surface area contributed by atoms with E-state index in [4.69, 9.17) is 5.11 Å². The number of nitrogens with zero attached hydrogens (tertiary/aromatic N) is 1. The predicted octanol–water partition coefficient (Wildman–Crippen LogP) is 0.458. The Bertz CT molecular complexity index is 1600. The van der Waals surface area contributed by atoms with Gasteiger partial charge in [-0.3, -0.25) is 9.55 Å². The van der Waals surface area contributed by atoms with Gasteiger partial charge >= 0.3 is 34.7 Å². The molecule has 0 atom stereocenters. The summed E-state index contributed by atoms with van der Waals surface area (Å²) in [5.74, 6) is -3.35. The molecule has 0 aliphatic carbocycles. The van der Waals surface area contributed by atoms with E-state index in [9.17, 15) is 28.8 Å². The molecule has 4 aromatic rings. The van der Waals surface area contributed by atoms with Crippen LogP contribution in [0.15, 0.2) is 64.4 Å². The lowest BCUT2D eigenvalue weighted by atomic mass is 10.1. The van der Waals surface area contributed by atoms with Gasteiger partial charge in [0.05, 0.1) is 40.0 Å². The summed E-state index contributed by atoms with van der Waals surface area (Å²) < 4.78 is 14.5. The van der Waals surface area contributed by atoms with E-state index in [0.717, 1.165) is 4.57 Å². The van der Waals surface area contributed by atoms with E-state index in [1.54, 1.807) is 0 Å². The number of hydrogen-bond donors (Lipinski definition) is 2. The number of hydrogen-bond acceptors (Lipinski definition) is 9. The van der Waals surface area contributed by atoms with Crippen molar-refractivity contribution in [2.45, 2.75) is 0 Å². The summed E-state index contributed by atoms with van der Waals surface area (Å²) in [6.45, 7) is 0. The highest BCUT2D eigenvalue weighted by Gasteiger charge is 2.11. The van der Waals surface area contributed by atoms with Gasteiger partial charge in [0.15, 0.2) is 0 Å². The summed E-state index contributed by atoms with van der Waals surface area (Å²) in [5.41, 5.74) is -0.778. The van der Waals surface area contributed by atoms with Crippen LogP contribution in [0.4, 0.5) is 0 Å². The van der Waals surface area contributed by atoms with E-state index in [1.165, 1.54) is 50.6 Å². The minimum Gasteiger partial charge on any atom is -0.478 e. The third-order valence-corrected chi connectivity index (χ3v) is 4.36. The molecule has 32 heavy (non-hydrogen) atoms. The normalized spacial score (nSPS) is 10.4. The molecule has 0 saturated carbocycles. The van der Waals surface area contributed by atoms with Crippen LogP contribution >= 0.6 is 0 Å². The second-order valence-electron chi connectivity index (χ2n) is 6.31. The van der Waals surface area contributed by atoms with Gasteiger partial charge in [-0.1, -0.05) is 0 Å². The zero-order chi connectivity index (χ0) is 23.6. The number of H-pyrrole nitrogens is 1. The number of benzene rings is 2. The van der Waals surface area contributed by atoms with Crippen LogP contribution in [0.5, 0.6) is 0 Å². The van der Waals surface area contributed by atoms with E-state index in [-0.39, 0.29) is 27.4 Å². The average Bonchev–Trinajstić information content (AvgIpc) is 2.76. The topological polar surface area (TPSA) is 179 Å². The van der Waals surface area contributed by atoms with Crippen molar-refractivity contribution in [1.82, 2.24) is 9.55 Å². The fraction of sp³-hybridized carbons (Fsp3) is 0.100. The highest BCUT2D eigenvalue weighted by Crippen LogP contribution is 2.11. The number of nitrogens with one attached hydrogen (secondary N) is 1. The van der Waals surface area contributed by atoms with Gasteiger partial charge in [-0.2, -0.15) is 0 Å². The number of methoxy groups -OCH3 is 1. The Morgan fingerprint density at radius 1 is 0.938 bits per heavy atom. The number of aromatic nitrogens is 2. The molecule has 0 spiro atoms. The molecule has 4 rings (SSSR count). The standard InChI is InChI=1S/C11H9NO5.C9H5NO5/c1-12-8-5-6(9(13)16-2)3-4-7(8)10(14)17-11(12)15;11-7(12)4-1-2-5-6(3-4)10-9(14)15-8(5)13/h3-5H,1-2H3;1-3H,(H,10,14)(H,11,12). The Kier molecular flexibility index (Phi) is 5.87. The second-order valence-corrected chi connectivity index (χ2v) is 6.31. The zero-order valence-electron chi connectivity index (χ0n) is 16.5. The van der Waals surface area contributed by atoms with Crippen molar-refractivity contribution < 1.29 is 28.3 Å². The Hall–Kier alpha value is -4.74. The number of carbonyl (C=O) groups excluding carboxylic acids is 1. The number of carbonyl (C=O) groups is 2. The molecule has 2 aromatic heterocycles. The molecular formula is C20H14N2O10. The fourth-order valence-corrected chi connectivity index (χ4v) is 2.76. The number of aromatic carboxylic acids is 1. The van der Waals surface area contributed by atoms with E-state index < -0.39 is 34.7 Å². The van der Waals surface area contributed by atoms with Crippen LogP contribution < -0.4 is 22.8 Å². The molecule has 0 bridgehead atoms. The molecule has 12 nitrogen and oxygen atoms in total. The van der Waals surface area contributed by atoms with E-state index in [0.29, 0.717) is 5.52 Å². The minimum absolute atomic E-state index is 0.0104. The lowest BCUT2D eigenvalue weighted by molar-refractivity contribution is 0.0600. The lowest BCUT2D eigenvalue weighted by Crippen LogP contribution is -2.22. The summed E-state index contributed by atoms with van der Waals surface area (Å²) >= 11 is 0. The van der Waals surface area contributed by atoms with Crippen LogP contribution in [0.1, 0.15) is 20.7 Å². The van der Waals surface area contributed by atoms with Gasteiger partial charge in [-0.15, -0.1) is 0 Å². The first-order valence-electron chi connectivity index (χ1n) is 8.75. The molecule has 2 N–H and O–H groups in total. The average molecular weight is 442 g/mol. The van der Waals surface area contributed by atoms with Gasteiger partial charge in [-0.05, 0) is 36.4 Å². The maximum absolute atomic E-state index is 11.4. The molecule has 0 fully saturated rings. The van der Waals surface area contributed by atoms with Crippen molar-refractivity contribution >= 4 is 33.7 Å². The summed E-state index contributed by atoms with van der Waals surface area (Å²) in [7, 11) is 2.71. The number of rotatable bonds is 2. The molecule has 0 radical (unpaired) electrons. The number of ether oxygens (including phenoxy) is 1. The lowest BCUT2D eigenvalue weighted by Gasteiger charge is -2.04. The number of esters is 1. The van der Waals surface area contributed by atoms with E-state index in [1.807, 2.05) is 0 Å². The van der Waals surface area contributed by atoms with Gasteiger partial charge in [0.1, 0.15) is 0 Å². The van der Waals surface area contributed by atoms with Crippen LogP contribution in [0.25, 0.3) is 21.8 Å². The molecule has 164 valence electrons. The number of aromatic amines is 1. The number of aryl methyl sites for hydroxylation is 1. The molecule has 0 amide bonds. The highest BCUT2D eigenvalue weighted by atomic mass is 16.5. The first-order chi connectivity index (χ1) is 15.1. The van der Waals surface area contributed by atoms with Crippen molar-refractivity contribution in [3.8, 4) is 0 Å². The molecular weight excluding hydrogens is 428 g/mol. The first-order valence-corrected chi connectivity index (χ1v) is 8.75. The smallest absolute Gasteiger partial charge is 0.422 e. The Labute approximate surface area is 175 Å². The number of carboxylic acids is 1. The Balaban J connectivity index is 0.000000182. The zero-order valence-corrected chi connectivity index (χ0v) is 16.5. The van der Waals surface area contributed by atoms with Gasteiger partial charge < -0.3 is 18.7 Å². The second kappa shape index (κ2) is 8.55. The summed E-state index contributed by atoms with van der Waals surface area (Å²) in [6.07, 6.45) is 0. The highest BCUT2D eigenvalue weighted by molar-refractivity contribution is 5.94. The SMILES string of the molecule is COC(=O)c1ccc2c(=O)oc(=O)n(C)c2c1.O=C(O)c1ccc2c(=O)oc(=O)[nH]c2c1. The number of fused-ring (bicyclic) bond motifs is 2. The summed E-state index contributed by atoms with van der Waals surface area (Å²) in [4.78, 5) is 68.8. The molecule has 2 heterocycles. The van der Waals surface area contributed by atoms with Crippen LogP contribution in [0, 0.1) is 0 Å². The maximum Gasteiger partial charge on any atom is 0.422 e. The quantitative estimate of drug-likeness (QED) is 0.414. The fourth-order valence-electron chi connectivity index (χ4n) is 2.76. The Morgan fingerprint density at radius 2 is 1.56 bits per heavy atom. The van der Waals surface area contributed by atoms with Crippen molar-refractivity contribution in [3.05, 3.63) is 89.5 Å².